The number of hydrogen-bond acceptors (Lipinski definition) is 2. The first-order chi connectivity index (χ1) is 8.19. The lowest BCUT2D eigenvalue weighted by Gasteiger charge is -2.24. The molecule has 0 aliphatic heterocycles. The van der Waals surface area contributed by atoms with Crippen molar-refractivity contribution in [3.63, 3.8) is 0 Å². The van der Waals surface area contributed by atoms with Crippen molar-refractivity contribution in [2.24, 2.45) is 5.73 Å². The van der Waals surface area contributed by atoms with E-state index >= 15 is 0 Å². The third kappa shape index (κ3) is 4.32. The number of benzene rings is 1. The third-order valence-electron chi connectivity index (χ3n) is 2.96. The molecule has 1 aliphatic rings. The molecular formula is C13H21N3S. The molecule has 1 aromatic rings. The van der Waals surface area contributed by atoms with Crippen LogP contribution in [0.4, 0.5) is 0 Å². The Hall–Kier alpha value is -1.13. The summed E-state index contributed by atoms with van der Waals surface area (Å²) in [4.78, 5) is 0. The number of nitrogens with one attached hydrogen (secondary N) is 2. The number of hydrogen-bond donors (Lipinski definition) is 3. The number of aryl methyl sites for hydroxylation is 1. The Labute approximate surface area is 109 Å². The minimum atomic E-state index is 0.338. The van der Waals surface area contributed by atoms with Crippen LogP contribution in [0.5, 0.6) is 0 Å². The Morgan fingerprint density at radius 1 is 1.35 bits per heavy atom. The van der Waals surface area contributed by atoms with Crippen LogP contribution in [-0.4, -0.2) is 19.2 Å². The van der Waals surface area contributed by atoms with E-state index in [-0.39, 0.29) is 0 Å². The molecule has 2 rings (SSSR count). The lowest BCUT2D eigenvalue weighted by atomic mass is 9.88. The highest BCUT2D eigenvalue weighted by atomic mass is 32.1. The van der Waals surface area contributed by atoms with Crippen LogP contribution < -0.4 is 16.4 Å². The van der Waals surface area contributed by atoms with Crippen molar-refractivity contribution >= 4 is 17.3 Å². The summed E-state index contributed by atoms with van der Waals surface area (Å²) in [6.45, 7) is 0. The van der Waals surface area contributed by atoms with E-state index in [0.717, 1.165) is 0 Å². The zero-order valence-electron chi connectivity index (χ0n) is 10.5. The summed E-state index contributed by atoms with van der Waals surface area (Å²) >= 11 is 4.36. The SMILES string of the molecule is CNC(N)=S.CNC1CCCc2ccccc21. The lowest BCUT2D eigenvalue weighted by Crippen LogP contribution is -2.24. The minimum Gasteiger partial charge on any atom is -0.376 e. The molecule has 0 radical (unpaired) electrons. The van der Waals surface area contributed by atoms with Gasteiger partial charge < -0.3 is 16.4 Å². The van der Waals surface area contributed by atoms with Crippen molar-refractivity contribution in [2.75, 3.05) is 14.1 Å². The summed E-state index contributed by atoms with van der Waals surface area (Å²) < 4.78 is 0. The maximum absolute atomic E-state index is 4.91. The number of rotatable bonds is 1. The summed E-state index contributed by atoms with van der Waals surface area (Å²) in [7, 11) is 3.73. The van der Waals surface area contributed by atoms with Gasteiger partial charge in [0.2, 0.25) is 0 Å². The van der Waals surface area contributed by atoms with Crippen molar-refractivity contribution < 1.29 is 0 Å². The van der Waals surface area contributed by atoms with E-state index in [1.54, 1.807) is 7.05 Å². The van der Waals surface area contributed by atoms with Gasteiger partial charge in [-0.15, -0.1) is 0 Å². The van der Waals surface area contributed by atoms with Gasteiger partial charge >= 0.3 is 0 Å². The fourth-order valence-corrected chi connectivity index (χ4v) is 2.05. The zero-order chi connectivity index (χ0) is 12.7. The number of thiocarbonyl (C=S) groups is 1. The first-order valence-electron chi connectivity index (χ1n) is 5.91. The van der Waals surface area contributed by atoms with E-state index in [1.165, 1.54) is 30.4 Å². The summed E-state index contributed by atoms with van der Waals surface area (Å²) in [5, 5.41) is 6.24. The normalized spacial score (nSPS) is 17.4. The smallest absolute Gasteiger partial charge is 0.163 e. The highest BCUT2D eigenvalue weighted by Crippen LogP contribution is 2.28. The first-order valence-corrected chi connectivity index (χ1v) is 6.32. The predicted octanol–water partition coefficient (Wildman–Crippen LogP) is 1.73. The summed E-state index contributed by atoms with van der Waals surface area (Å²) in [6.07, 6.45) is 3.87. The molecule has 1 aliphatic carbocycles. The van der Waals surface area contributed by atoms with E-state index in [1.807, 2.05) is 7.05 Å². The average Bonchev–Trinajstić information content (AvgIpc) is 2.38. The van der Waals surface area contributed by atoms with Crippen LogP contribution in [0.1, 0.15) is 30.0 Å². The fourth-order valence-electron chi connectivity index (χ4n) is 2.05. The van der Waals surface area contributed by atoms with Gasteiger partial charge in [-0.25, -0.2) is 0 Å². The molecule has 0 saturated heterocycles. The number of nitrogens with two attached hydrogens (primary N) is 1. The van der Waals surface area contributed by atoms with Crippen molar-refractivity contribution in [3.05, 3.63) is 35.4 Å². The van der Waals surface area contributed by atoms with Crippen LogP contribution in [-0.2, 0) is 6.42 Å². The van der Waals surface area contributed by atoms with Gasteiger partial charge in [-0.1, -0.05) is 24.3 Å². The summed E-state index contributed by atoms with van der Waals surface area (Å²) in [5.41, 5.74) is 7.95. The molecule has 4 heteroatoms. The molecule has 0 spiro atoms. The highest BCUT2D eigenvalue weighted by molar-refractivity contribution is 7.80. The van der Waals surface area contributed by atoms with E-state index in [9.17, 15) is 0 Å². The average molecular weight is 251 g/mol. The largest absolute Gasteiger partial charge is 0.376 e. The monoisotopic (exact) mass is 251 g/mol. The molecular weight excluding hydrogens is 230 g/mol. The van der Waals surface area contributed by atoms with Crippen LogP contribution >= 0.6 is 12.2 Å². The second kappa shape index (κ2) is 7.25. The van der Waals surface area contributed by atoms with Crippen LogP contribution in [0.15, 0.2) is 24.3 Å². The van der Waals surface area contributed by atoms with E-state index in [4.69, 9.17) is 5.73 Å². The van der Waals surface area contributed by atoms with Crippen molar-refractivity contribution in [1.82, 2.24) is 10.6 Å². The van der Waals surface area contributed by atoms with Gasteiger partial charge in [-0.3, -0.25) is 0 Å². The Morgan fingerprint density at radius 3 is 2.59 bits per heavy atom. The molecule has 4 N–H and O–H groups in total. The maximum atomic E-state index is 4.91. The van der Waals surface area contributed by atoms with Gasteiger partial charge in [-0.2, -0.15) is 0 Å². The van der Waals surface area contributed by atoms with Gasteiger partial charge in [0.05, 0.1) is 0 Å². The summed E-state index contributed by atoms with van der Waals surface area (Å²) in [5.74, 6) is 0. The standard InChI is InChI=1S/C11H15N.C2H6N2S/c1-12-11-8-4-6-9-5-2-3-7-10(9)11;1-4-2(3)5/h2-3,5,7,11-12H,4,6,8H2,1H3;1H3,(H3,3,4,5). The Morgan fingerprint density at radius 2 is 2.00 bits per heavy atom. The van der Waals surface area contributed by atoms with Gasteiger partial charge in [0.25, 0.3) is 0 Å². The van der Waals surface area contributed by atoms with E-state index < -0.39 is 0 Å². The fraction of sp³-hybridized carbons (Fsp3) is 0.462. The maximum Gasteiger partial charge on any atom is 0.163 e. The third-order valence-corrected chi connectivity index (χ3v) is 3.17. The quantitative estimate of drug-likeness (QED) is 0.665. The second-order valence-electron chi connectivity index (χ2n) is 4.05. The molecule has 3 nitrogen and oxygen atoms in total. The van der Waals surface area contributed by atoms with Crippen LogP contribution in [0, 0.1) is 0 Å². The Balaban J connectivity index is 0.000000249. The molecule has 0 amide bonds. The molecule has 94 valence electrons. The molecule has 0 heterocycles. The van der Waals surface area contributed by atoms with Crippen molar-refractivity contribution in [3.8, 4) is 0 Å². The van der Waals surface area contributed by atoms with Crippen LogP contribution in [0.25, 0.3) is 0 Å². The second-order valence-corrected chi connectivity index (χ2v) is 4.49. The molecule has 0 bridgehead atoms. The van der Waals surface area contributed by atoms with Gasteiger partial charge in [0, 0.05) is 13.1 Å². The Bertz CT molecular complexity index is 365. The molecule has 0 fully saturated rings. The summed E-state index contributed by atoms with van der Waals surface area (Å²) in [6, 6.07) is 9.36. The molecule has 0 aromatic heterocycles. The number of fused-ring (bicyclic) bond motifs is 1. The van der Waals surface area contributed by atoms with Gasteiger partial charge in [0.1, 0.15) is 0 Å². The predicted molar refractivity (Wildman–Crippen MR) is 77.0 cm³/mol. The van der Waals surface area contributed by atoms with Gasteiger partial charge in [-0.05, 0) is 49.7 Å². The molecule has 1 unspecified atom stereocenters. The molecule has 0 saturated carbocycles. The lowest BCUT2D eigenvalue weighted by molar-refractivity contribution is 0.496. The first kappa shape index (κ1) is 13.9. The molecule has 1 atom stereocenters. The van der Waals surface area contributed by atoms with E-state index in [2.05, 4.69) is 47.1 Å². The van der Waals surface area contributed by atoms with Gasteiger partial charge in [0.15, 0.2) is 5.11 Å². The molecule has 1 aromatic carbocycles. The topological polar surface area (TPSA) is 50.1 Å². The van der Waals surface area contributed by atoms with E-state index in [0.29, 0.717) is 11.2 Å². The van der Waals surface area contributed by atoms with Crippen LogP contribution in [0.2, 0.25) is 0 Å². The Kier molecular flexibility index (Phi) is 5.94. The van der Waals surface area contributed by atoms with Crippen molar-refractivity contribution in [1.29, 1.82) is 0 Å². The zero-order valence-corrected chi connectivity index (χ0v) is 11.3. The van der Waals surface area contributed by atoms with Crippen molar-refractivity contribution in [2.45, 2.75) is 25.3 Å². The van der Waals surface area contributed by atoms with Crippen LogP contribution in [0.3, 0.4) is 0 Å². The highest BCUT2D eigenvalue weighted by Gasteiger charge is 2.16. The minimum absolute atomic E-state index is 0.338. The molecule has 17 heavy (non-hydrogen) atoms.